The molecule has 16 nitrogen and oxygen atoms in total. The van der Waals surface area contributed by atoms with Gasteiger partial charge < -0.3 is 46.5 Å². The highest BCUT2D eigenvalue weighted by Gasteiger charge is 2.44. The number of carbonyl (C=O) groups excluding carboxylic acids is 7. The quantitative estimate of drug-likeness (QED) is 0.116. The Morgan fingerprint density at radius 1 is 0.891 bits per heavy atom. The van der Waals surface area contributed by atoms with E-state index in [1.165, 1.54) is 31.3 Å². The van der Waals surface area contributed by atoms with E-state index in [-0.39, 0.29) is 43.2 Å². The monoisotopic (exact) mass is 764 g/mol. The fourth-order valence-electron chi connectivity index (χ4n) is 7.10. The molecule has 1 aliphatic heterocycles. The van der Waals surface area contributed by atoms with E-state index in [0.717, 1.165) is 24.8 Å². The molecule has 1 heterocycles. The third kappa shape index (κ3) is 11.7. The number of benzene rings is 2. The minimum absolute atomic E-state index is 0.0646. The number of rotatable bonds is 18. The zero-order valence-corrected chi connectivity index (χ0v) is 31.5. The number of nitrogens with zero attached hydrogens (tertiary/aromatic N) is 1. The molecule has 2 fully saturated rings. The first-order valence-corrected chi connectivity index (χ1v) is 18.6. The summed E-state index contributed by atoms with van der Waals surface area (Å²) in [5, 5.41) is 20.8. The number of hydrogen-bond acceptors (Lipinski definition) is 10. The van der Waals surface area contributed by atoms with Crippen LogP contribution in [0.15, 0.2) is 48.5 Å². The molecular weight excluding hydrogens is 712 g/mol. The lowest BCUT2D eigenvalue weighted by atomic mass is 9.83. The van der Waals surface area contributed by atoms with Crippen LogP contribution in [0.4, 0.5) is 0 Å². The predicted octanol–water partition coefficient (Wildman–Crippen LogP) is 0.586. The number of nitrogens with one attached hydrogen (secondary N) is 4. The summed E-state index contributed by atoms with van der Waals surface area (Å²) in [6.45, 7) is 0.904. The summed E-state index contributed by atoms with van der Waals surface area (Å²) in [7, 11) is 2.82. The summed E-state index contributed by atoms with van der Waals surface area (Å²) in [5.41, 5.74) is 6.58. The lowest BCUT2D eigenvalue weighted by molar-refractivity contribution is -0.144. The standard InChI is InChI=1S/C39H52N6O10/c1-4-11-29(35(49)38(52)41-21-32(48)44-33(36(40)50)25-17-27(54-2)20-28(18-25)55-3)42-37(51)30-19-26(46)22-45(30)39(53)34(24-14-9-6-10-15-24)43-31(47)16-23-12-7-5-8-13-23/h5,7-8,12-13,17-18,20,24,26,29-30,33-34,46H,4,6,9-11,14-16,19,21-22H2,1-3H3,(H2,40,50)(H,41,52)(H,42,51)(H,43,47)(H,44,48)/t26-,29?,30+,33?,34+/m1/s1. The van der Waals surface area contributed by atoms with Crippen LogP contribution in [0.2, 0.25) is 0 Å². The van der Waals surface area contributed by atoms with Gasteiger partial charge in [-0.05, 0) is 48.4 Å². The number of aliphatic hydroxyl groups is 1. The SMILES string of the molecule is CCCC(NC(=O)[C@@H]1C[C@@H](O)CN1C(=O)[C@@H](NC(=O)Cc1ccccc1)C1CCCCC1)C(=O)C(=O)NCC(=O)NC(C(N)=O)c1cc(OC)cc(OC)c1. The van der Waals surface area contributed by atoms with Crippen molar-refractivity contribution < 1.29 is 48.1 Å². The van der Waals surface area contributed by atoms with Crippen molar-refractivity contribution in [1.29, 1.82) is 0 Å². The van der Waals surface area contributed by atoms with E-state index in [2.05, 4.69) is 21.3 Å². The van der Waals surface area contributed by atoms with E-state index >= 15 is 0 Å². The maximum atomic E-state index is 14.2. The molecule has 0 radical (unpaired) electrons. The summed E-state index contributed by atoms with van der Waals surface area (Å²) < 4.78 is 10.4. The molecular formula is C39H52N6O10. The number of methoxy groups -OCH3 is 2. The molecule has 0 spiro atoms. The van der Waals surface area contributed by atoms with Gasteiger partial charge in [-0.15, -0.1) is 0 Å². The van der Waals surface area contributed by atoms with Gasteiger partial charge in [0.25, 0.3) is 5.91 Å². The Kier molecular flexibility index (Phi) is 15.5. The van der Waals surface area contributed by atoms with Gasteiger partial charge in [0, 0.05) is 19.0 Å². The van der Waals surface area contributed by atoms with Crippen molar-refractivity contribution in [1.82, 2.24) is 26.2 Å². The largest absolute Gasteiger partial charge is 0.497 e. The third-order valence-electron chi connectivity index (χ3n) is 9.92. The van der Waals surface area contributed by atoms with Gasteiger partial charge in [0.2, 0.25) is 35.3 Å². The smallest absolute Gasteiger partial charge is 0.290 e. The van der Waals surface area contributed by atoms with Crippen molar-refractivity contribution in [3.63, 3.8) is 0 Å². The van der Waals surface area contributed by atoms with Crippen molar-refractivity contribution in [2.24, 2.45) is 11.7 Å². The normalized spacial score (nSPS) is 18.6. The highest BCUT2D eigenvalue weighted by atomic mass is 16.5. The molecule has 2 aliphatic rings. The second-order valence-electron chi connectivity index (χ2n) is 13.9. The van der Waals surface area contributed by atoms with Gasteiger partial charge >= 0.3 is 0 Å². The van der Waals surface area contributed by atoms with Crippen LogP contribution < -0.4 is 36.5 Å². The Morgan fingerprint density at radius 3 is 2.15 bits per heavy atom. The van der Waals surface area contributed by atoms with Crippen molar-refractivity contribution >= 4 is 41.2 Å². The number of ketones is 1. The van der Waals surface area contributed by atoms with Crippen LogP contribution in [0.1, 0.15) is 75.5 Å². The third-order valence-corrected chi connectivity index (χ3v) is 9.92. The molecule has 0 aromatic heterocycles. The number of hydrogen-bond donors (Lipinski definition) is 6. The minimum atomic E-state index is -1.32. The average Bonchev–Trinajstić information content (AvgIpc) is 3.59. The fourth-order valence-corrected chi connectivity index (χ4v) is 7.10. The first-order valence-electron chi connectivity index (χ1n) is 18.6. The summed E-state index contributed by atoms with van der Waals surface area (Å²) >= 11 is 0. The molecule has 6 amide bonds. The number of carbonyl (C=O) groups is 7. The van der Waals surface area contributed by atoms with E-state index in [4.69, 9.17) is 15.2 Å². The maximum Gasteiger partial charge on any atom is 0.290 e. The summed E-state index contributed by atoms with van der Waals surface area (Å²) in [4.78, 5) is 93.7. The molecule has 2 unspecified atom stereocenters. The molecule has 1 saturated carbocycles. The number of primary amides is 1. The molecule has 1 aliphatic carbocycles. The van der Waals surface area contributed by atoms with Crippen LogP contribution in [-0.4, -0.2) is 103 Å². The Balaban J connectivity index is 1.41. The molecule has 298 valence electrons. The summed E-state index contributed by atoms with van der Waals surface area (Å²) in [6.07, 6.45) is 3.62. The van der Waals surface area contributed by atoms with E-state index in [0.29, 0.717) is 30.8 Å². The van der Waals surface area contributed by atoms with Gasteiger partial charge in [0.1, 0.15) is 29.6 Å². The van der Waals surface area contributed by atoms with Crippen LogP contribution in [0.3, 0.4) is 0 Å². The zero-order chi connectivity index (χ0) is 40.1. The predicted molar refractivity (Wildman–Crippen MR) is 199 cm³/mol. The van der Waals surface area contributed by atoms with Gasteiger partial charge in [-0.3, -0.25) is 33.6 Å². The number of nitrogens with two attached hydrogens (primary N) is 1. The first-order chi connectivity index (χ1) is 26.3. The van der Waals surface area contributed by atoms with E-state index < -0.39 is 72.1 Å². The van der Waals surface area contributed by atoms with Crippen molar-refractivity contribution in [2.75, 3.05) is 27.3 Å². The second kappa shape index (κ2) is 20.2. The minimum Gasteiger partial charge on any atom is -0.497 e. The molecule has 4 rings (SSSR count). The highest BCUT2D eigenvalue weighted by molar-refractivity contribution is 6.38. The summed E-state index contributed by atoms with van der Waals surface area (Å²) in [6, 6.07) is 8.94. The molecule has 2 aromatic carbocycles. The van der Waals surface area contributed by atoms with Crippen molar-refractivity contribution in [2.45, 2.75) is 95.0 Å². The fraction of sp³-hybridized carbons (Fsp3) is 0.513. The number of ether oxygens (including phenoxy) is 2. The van der Waals surface area contributed by atoms with Gasteiger partial charge in [-0.2, -0.15) is 0 Å². The number of Topliss-reactive ketones (excluding diaryl/α,β-unsaturated/α-hetero) is 1. The Morgan fingerprint density at radius 2 is 1.55 bits per heavy atom. The molecule has 0 bridgehead atoms. The van der Waals surface area contributed by atoms with Crippen LogP contribution in [0.25, 0.3) is 0 Å². The Hall–Kier alpha value is -5.51. The van der Waals surface area contributed by atoms with Crippen LogP contribution in [0.5, 0.6) is 11.5 Å². The van der Waals surface area contributed by atoms with Gasteiger partial charge in [-0.1, -0.05) is 62.9 Å². The van der Waals surface area contributed by atoms with Gasteiger partial charge in [-0.25, -0.2) is 0 Å². The van der Waals surface area contributed by atoms with E-state index in [1.807, 2.05) is 30.3 Å². The Bertz CT molecular complexity index is 1680. The number of likely N-dealkylation sites (tertiary alicyclic amines) is 1. The number of aliphatic hydroxyl groups excluding tert-OH is 1. The molecule has 7 N–H and O–H groups in total. The zero-order valence-electron chi connectivity index (χ0n) is 31.5. The van der Waals surface area contributed by atoms with Crippen molar-refractivity contribution in [3.8, 4) is 11.5 Å². The second-order valence-corrected chi connectivity index (χ2v) is 13.9. The molecule has 1 saturated heterocycles. The molecule has 5 atom stereocenters. The lowest BCUT2D eigenvalue weighted by Crippen LogP contribution is -2.58. The maximum absolute atomic E-state index is 14.2. The van der Waals surface area contributed by atoms with Crippen LogP contribution in [0, 0.1) is 5.92 Å². The molecule has 16 heteroatoms. The van der Waals surface area contributed by atoms with Crippen LogP contribution in [-0.2, 0) is 40.0 Å². The summed E-state index contributed by atoms with van der Waals surface area (Å²) in [5.74, 6) is -4.97. The van der Waals surface area contributed by atoms with Gasteiger partial charge in [0.15, 0.2) is 0 Å². The topological polar surface area (TPSA) is 236 Å². The van der Waals surface area contributed by atoms with E-state index in [1.54, 1.807) is 13.0 Å². The number of β-amino-alcohol motifs (C(OH)–C–C–N with tert-alkyl or cyclic N) is 1. The molecule has 55 heavy (non-hydrogen) atoms. The van der Waals surface area contributed by atoms with E-state index in [9.17, 15) is 38.7 Å². The molecule has 2 aromatic rings. The lowest BCUT2D eigenvalue weighted by Gasteiger charge is -2.34. The van der Waals surface area contributed by atoms with Crippen molar-refractivity contribution in [3.05, 3.63) is 59.7 Å². The van der Waals surface area contributed by atoms with Gasteiger partial charge in [0.05, 0.1) is 39.3 Å². The average molecular weight is 765 g/mol. The van der Waals surface area contributed by atoms with Crippen LogP contribution >= 0.6 is 0 Å². The Labute approximate surface area is 320 Å². The highest BCUT2D eigenvalue weighted by Crippen LogP contribution is 2.30. The number of amides is 6. The first kappa shape index (κ1) is 42.2.